The van der Waals surface area contributed by atoms with Crippen LogP contribution in [0, 0.1) is 5.82 Å². The molecule has 1 aliphatic heterocycles. The number of hydrogen-bond acceptors (Lipinski definition) is 3. The molecule has 0 aromatic heterocycles. The van der Waals surface area contributed by atoms with Crippen LogP contribution in [0.3, 0.4) is 0 Å². The molecule has 1 aliphatic rings. The summed E-state index contributed by atoms with van der Waals surface area (Å²) in [5, 5.41) is 2.82. The highest BCUT2D eigenvalue weighted by Gasteiger charge is 2.23. The Morgan fingerprint density at radius 3 is 3.14 bits per heavy atom. The van der Waals surface area contributed by atoms with E-state index >= 15 is 0 Å². The number of hydrogen-bond donors (Lipinski definition) is 1. The molecule has 1 atom stereocenters. The molecule has 1 saturated heterocycles. The van der Waals surface area contributed by atoms with E-state index in [1.807, 2.05) is 4.90 Å². The first-order valence-electron chi connectivity index (χ1n) is 6.76. The second kappa shape index (κ2) is 7.54. The summed E-state index contributed by atoms with van der Waals surface area (Å²) in [5.41, 5.74) is 0.817. The van der Waals surface area contributed by atoms with Gasteiger partial charge in [0.25, 0.3) is 0 Å². The summed E-state index contributed by atoms with van der Waals surface area (Å²) >= 11 is 5.79. The molecule has 1 N–H and O–H groups in total. The van der Waals surface area contributed by atoms with Crippen molar-refractivity contribution in [3.63, 3.8) is 0 Å². The third kappa shape index (κ3) is 4.52. The summed E-state index contributed by atoms with van der Waals surface area (Å²) in [4.78, 5) is 13.7. The number of carbonyl (C=O) groups excluding carboxylic acids is 1. The van der Waals surface area contributed by atoms with Crippen LogP contribution in [-0.4, -0.2) is 43.6 Å². The van der Waals surface area contributed by atoms with E-state index in [1.54, 1.807) is 18.2 Å². The van der Waals surface area contributed by atoms with Crippen molar-refractivity contribution < 1.29 is 13.9 Å². The number of nitrogens with one attached hydrogen (secondary N) is 1. The summed E-state index contributed by atoms with van der Waals surface area (Å²) in [6, 6.07) is 4.56. The van der Waals surface area contributed by atoms with Gasteiger partial charge in [-0.2, -0.15) is 0 Å². The first-order chi connectivity index (χ1) is 10.1. The van der Waals surface area contributed by atoms with Crippen LogP contribution in [0.5, 0.6) is 0 Å². The topological polar surface area (TPSA) is 41.6 Å². The largest absolute Gasteiger partial charge is 0.371 e. The molecule has 1 aromatic rings. The number of carbonyl (C=O) groups is 1. The molecule has 4 nitrogen and oxygen atoms in total. The molecule has 0 spiro atoms. The van der Waals surface area contributed by atoms with E-state index in [4.69, 9.17) is 16.3 Å². The van der Waals surface area contributed by atoms with E-state index in [0.29, 0.717) is 32.8 Å². The normalized spacial score (nSPS) is 19.2. The Kier molecular flexibility index (Phi) is 5.73. The number of ether oxygens (including phenoxy) is 1. The molecule has 1 heterocycles. The van der Waals surface area contributed by atoms with Gasteiger partial charge < -0.3 is 10.1 Å². The molecule has 6 heteroatoms. The lowest BCUT2D eigenvalue weighted by Crippen LogP contribution is -2.44. The standard InChI is InChI=1S/C15H18ClFN2O2/c1-2-5-18-15(20)10-19-6-7-21-14(9-19)11-3-4-13(17)12(16)8-11/h2-4,8,14H,1,5-7,9-10H2,(H,18,20). The fraction of sp³-hybridized carbons (Fsp3) is 0.400. The van der Waals surface area contributed by atoms with E-state index in [-0.39, 0.29) is 17.0 Å². The predicted octanol–water partition coefficient (Wildman–Crippen LogP) is 2.15. The molecule has 1 fully saturated rings. The zero-order valence-electron chi connectivity index (χ0n) is 11.6. The van der Waals surface area contributed by atoms with Gasteiger partial charge in [0, 0.05) is 19.6 Å². The zero-order valence-corrected chi connectivity index (χ0v) is 12.4. The van der Waals surface area contributed by atoms with Crippen molar-refractivity contribution >= 4 is 17.5 Å². The van der Waals surface area contributed by atoms with Crippen LogP contribution in [0.25, 0.3) is 0 Å². The highest BCUT2D eigenvalue weighted by Crippen LogP contribution is 2.26. The van der Waals surface area contributed by atoms with Crippen LogP contribution in [0.1, 0.15) is 11.7 Å². The fourth-order valence-corrected chi connectivity index (χ4v) is 2.39. The number of nitrogens with zero attached hydrogens (tertiary/aromatic N) is 1. The average molecular weight is 313 g/mol. The lowest BCUT2D eigenvalue weighted by atomic mass is 10.1. The van der Waals surface area contributed by atoms with Gasteiger partial charge in [0.1, 0.15) is 5.82 Å². The smallest absolute Gasteiger partial charge is 0.234 e. The quantitative estimate of drug-likeness (QED) is 0.847. The highest BCUT2D eigenvalue weighted by molar-refractivity contribution is 6.30. The number of amides is 1. The van der Waals surface area contributed by atoms with Crippen molar-refractivity contribution in [3.8, 4) is 0 Å². The molecule has 2 rings (SSSR count). The van der Waals surface area contributed by atoms with E-state index < -0.39 is 5.82 Å². The van der Waals surface area contributed by atoms with Gasteiger partial charge in [0.15, 0.2) is 0 Å². The SMILES string of the molecule is C=CCNC(=O)CN1CCOC(c2ccc(F)c(Cl)c2)C1. The van der Waals surface area contributed by atoms with Crippen LogP contribution in [-0.2, 0) is 9.53 Å². The Balaban J connectivity index is 1.95. The summed E-state index contributed by atoms with van der Waals surface area (Å²) < 4.78 is 18.9. The Morgan fingerprint density at radius 1 is 1.62 bits per heavy atom. The Labute approximate surface area is 128 Å². The van der Waals surface area contributed by atoms with Gasteiger partial charge >= 0.3 is 0 Å². The monoisotopic (exact) mass is 312 g/mol. The van der Waals surface area contributed by atoms with Crippen molar-refractivity contribution in [1.29, 1.82) is 0 Å². The molecule has 114 valence electrons. The average Bonchev–Trinajstić information content (AvgIpc) is 2.48. The molecule has 21 heavy (non-hydrogen) atoms. The molecular formula is C15H18ClFN2O2. The lowest BCUT2D eigenvalue weighted by Gasteiger charge is -2.32. The number of halogens is 2. The van der Waals surface area contributed by atoms with E-state index in [9.17, 15) is 9.18 Å². The zero-order chi connectivity index (χ0) is 15.2. The van der Waals surface area contributed by atoms with E-state index in [2.05, 4.69) is 11.9 Å². The number of morpholine rings is 1. The van der Waals surface area contributed by atoms with Crippen LogP contribution in [0.4, 0.5) is 4.39 Å². The van der Waals surface area contributed by atoms with Gasteiger partial charge in [-0.3, -0.25) is 9.69 Å². The van der Waals surface area contributed by atoms with Crippen LogP contribution in [0.15, 0.2) is 30.9 Å². The van der Waals surface area contributed by atoms with Crippen molar-refractivity contribution in [3.05, 3.63) is 47.3 Å². The third-order valence-corrected chi connectivity index (χ3v) is 3.57. The minimum absolute atomic E-state index is 0.0484. The molecule has 0 saturated carbocycles. The molecule has 1 aromatic carbocycles. The number of rotatable bonds is 5. The minimum Gasteiger partial charge on any atom is -0.371 e. The molecular weight excluding hydrogens is 295 g/mol. The highest BCUT2D eigenvalue weighted by atomic mass is 35.5. The van der Waals surface area contributed by atoms with Crippen molar-refractivity contribution in [1.82, 2.24) is 10.2 Å². The summed E-state index contributed by atoms with van der Waals surface area (Å²) in [6.45, 7) is 6.10. The molecule has 0 bridgehead atoms. The molecule has 0 aliphatic carbocycles. The van der Waals surface area contributed by atoms with Gasteiger partial charge in [-0.25, -0.2) is 4.39 Å². The van der Waals surface area contributed by atoms with Gasteiger partial charge in [-0.1, -0.05) is 23.7 Å². The summed E-state index contributed by atoms with van der Waals surface area (Å²) in [6.07, 6.45) is 1.43. The Bertz CT molecular complexity index is 524. The van der Waals surface area contributed by atoms with Gasteiger partial charge in [-0.15, -0.1) is 6.58 Å². The van der Waals surface area contributed by atoms with Crippen molar-refractivity contribution in [2.24, 2.45) is 0 Å². The van der Waals surface area contributed by atoms with E-state index in [0.717, 1.165) is 5.56 Å². The maximum atomic E-state index is 13.2. The lowest BCUT2D eigenvalue weighted by molar-refractivity contribution is -0.124. The maximum Gasteiger partial charge on any atom is 0.234 e. The summed E-state index contributed by atoms with van der Waals surface area (Å²) in [5.74, 6) is -0.496. The third-order valence-electron chi connectivity index (χ3n) is 3.28. The second-order valence-electron chi connectivity index (χ2n) is 4.86. The van der Waals surface area contributed by atoms with Crippen molar-refractivity contribution in [2.45, 2.75) is 6.10 Å². The van der Waals surface area contributed by atoms with Crippen LogP contribution < -0.4 is 5.32 Å². The first kappa shape index (κ1) is 15.9. The maximum absolute atomic E-state index is 13.2. The van der Waals surface area contributed by atoms with Gasteiger partial charge in [-0.05, 0) is 17.7 Å². The first-order valence-corrected chi connectivity index (χ1v) is 7.14. The molecule has 1 amide bonds. The number of benzene rings is 1. The minimum atomic E-state index is -0.447. The Morgan fingerprint density at radius 2 is 2.43 bits per heavy atom. The van der Waals surface area contributed by atoms with Crippen molar-refractivity contribution in [2.75, 3.05) is 32.8 Å². The molecule has 0 radical (unpaired) electrons. The van der Waals surface area contributed by atoms with Crippen LogP contribution in [0.2, 0.25) is 5.02 Å². The van der Waals surface area contributed by atoms with Crippen LogP contribution >= 0.6 is 11.6 Å². The second-order valence-corrected chi connectivity index (χ2v) is 5.27. The van der Waals surface area contributed by atoms with Gasteiger partial charge in [0.2, 0.25) is 5.91 Å². The predicted molar refractivity (Wildman–Crippen MR) is 79.7 cm³/mol. The fourth-order valence-electron chi connectivity index (χ4n) is 2.21. The van der Waals surface area contributed by atoms with E-state index in [1.165, 1.54) is 6.07 Å². The van der Waals surface area contributed by atoms with Gasteiger partial charge in [0.05, 0.1) is 24.3 Å². The summed E-state index contributed by atoms with van der Waals surface area (Å²) in [7, 11) is 0. The Hall–Kier alpha value is -1.43. The molecule has 1 unspecified atom stereocenters.